The number of benzene rings is 2. The summed E-state index contributed by atoms with van der Waals surface area (Å²) in [6.45, 7) is 7.42. The van der Waals surface area contributed by atoms with Crippen molar-refractivity contribution in [3.63, 3.8) is 0 Å². The predicted octanol–water partition coefficient (Wildman–Crippen LogP) is 4.16. The molecule has 0 aliphatic heterocycles. The van der Waals surface area contributed by atoms with Crippen LogP contribution in [0.4, 0.5) is 0 Å². The minimum atomic E-state index is -0.544. The van der Waals surface area contributed by atoms with Crippen molar-refractivity contribution in [2.24, 2.45) is 0 Å². The standard InChI is InChI=1S/C25H31N3O3/c1-19(2)31-16-15-28(14-13-22-17-26-24-6-4-3-5-23(22)24)18-21-9-7-20(8-10-21)11-12-25(29)27-30/h3-12,17,19,26,30H,13-16,18H2,1-2H3,(H,27,29). The van der Waals surface area contributed by atoms with Crippen LogP contribution >= 0.6 is 0 Å². The third-order valence-corrected chi connectivity index (χ3v) is 5.15. The average Bonchev–Trinajstić information content (AvgIpc) is 3.19. The molecule has 0 fully saturated rings. The first-order valence-electron chi connectivity index (χ1n) is 10.6. The summed E-state index contributed by atoms with van der Waals surface area (Å²) in [5.74, 6) is -0.544. The van der Waals surface area contributed by atoms with Gasteiger partial charge in [0.1, 0.15) is 0 Å². The molecule has 164 valence electrons. The fourth-order valence-corrected chi connectivity index (χ4v) is 3.51. The van der Waals surface area contributed by atoms with Crippen molar-refractivity contribution in [3.05, 3.63) is 77.5 Å². The smallest absolute Gasteiger partial charge is 0.267 e. The summed E-state index contributed by atoms with van der Waals surface area (Å²) >= 11 is 0. The molecule has 6 heteroatoms. The molecular weight excluding hydrogens is 390 g/mol. The van der Waals surface area contributed by atoms with Crippen LogP contribution in [-0.4, -0.2) is 46.8 Å². The first-order valence-corrected chi connectivity index (χ1v) is 10.6. The number of nitrogens with one attached hydrogen (secondary N) is 2. The van der Waals surface area contributed by atoms with Gasteiger partial charge in [-0.05, 0) is 49.1 Å². The van der Waals surface area contributed by atoms with Gasteiger partial charge in [-0.3, -0.25) is 14.9 Å². The Balaban J connectivity index is 1.63. The first kappa shape index (κ1) is 22.7. The van der Waals surface area contributed by atoms with Crippen molar-refractivity contribution in [2.45, 2.75) is 32.9 Å². The van der Waals surface area contributed by atoms with Gasteiger partial charge in [0.2, 0.25) is 0 Å². The molecule has 0 bridgehead atoms. The summed E-state index contributed by atoms with van der Waals surface area (Å²) in [5, 5.41) is 9.85. The van der Waals surface area contributed by atoms with E-state index in [-0.39, 0.29) is 6.10 Å². The molecule has 0 unspecified atom stereocenters. The minimum Gasteiger partial charge on any atom is -0.377 e. The van der Waals surface area contributed by atoms with E-state index in [2.05, 4.69) is 60.3 Å². The van der Waals surface area contributed by atoms with E-state index < -0.39 is 5.91 Å². The molecule has 0 spiro atoms. The zero-order chi connectivity index (χ0) is 22.1. The molecule has 3 rings (SSSR count). The number of H-pyrrole nitrogens is 1. The number of fused-ring (bicyclic) bond motifs is 1. The van der Waals surface area contributed by atoms with Crippen LogP contribution < -0.4 is 5.48 Å². The van der Waals surface area contributed by atoms with E-state index in [4.69, 9.17) is 9.94 Å². The number of para-hydroxylation sites is 1. The Hall–Kier alpha value is -2.93. The van der Waals surface area contributed by atoms with E-state index in [1.165, 1.54) is 28.1 Å². The lowest BCUT2D eigenvalue weighted by Gasteiger charge is -2.23. The van der Waals surface area contributed by atoms with Crippen molar-refractivity contribution in [3.8, 4) is 0 Å². The monoisotopic (exact) mass is 421 g/mol. The van der Waals surface area contributed by atoms with E-state index in [9.17, 15) is 4.79 Å². The summed E-state index contributed by atoms with van der Waals surface area (Å²) in [6.07, 6.45) is 6.25. The minimum absolute atomic E-state index is 0.220. The maximum Gasteiger partial charge on any atom is 0.267 e. The third-order valence-electron chi connectivity index (χ3n) is 5.15. The maximum absolute atomic E-state index is 11.1. The van der Waals surface area contributed by atoms with Gasteiger partial charge in [0, 0.05) is 42.8 Å². The second-order valence-corrected chi connectivity index (χ2v) is 7.86. The number of nitrogens with zero attached hydrogens (tertiary/aromatic N) is 1. The van der Waals surface area contributed by atoms with Crippen LogP contribution in [0.15, 0.2) is 60.8 Å². The van der Waals surface area contributed by atoms with Gasteiger partial charge < -0.3 is 9.72 Å². The molecule has 2 aromatic carbocycles. The summed E-state index contributed by atoms with van der Waals surface area (Å²) in [5.41, 5.74) is 6.19. The van der Waals surface area contributed by atoms with E-state index in [0.29, 0.717) is 6.61 Å². The Labute approximate surface area is 183 Å². The molecule has 1 amide bonds. The molecule has 0 radical (unpaired) electrons. The van der Waals surface area contributed by atoms with E-state index in [1.807, 2.05) is 18.2 Å². The van der Waals surface area contributed by atoms with Crippen molar-refractivity contribution < 1.29 is 14.7 Å². The Morgan fingerprint density at radius 2 is 1.94 bits per heavy atom. The van der Waals surface area contributed by atoms with E-state index >= 15 is 0 Å². The highest BCUT2D eigenvalue weighted by atomic mass is 16.5. The molecule has 0 aliphatic rings. The third kappa shape index (κ3) is 7.07. The largest absolute Gasteiger partial charge is 0.377 e. The lowest BCUT2D eigenvalue weighted by molar-refractivity contribution is -0.124. The van der Waals surface area contributed by atoms with Crippen LogP contribution in [0.1, 0.15) is 30.5 Å². The second-order valence-electron chi connectivity index (χ2n) is 7.86. The first-order chi connectivity index (χ1) is 15.0. The zero-order valence-electron chi connectivity index (χ0n) is 18.2. The normalized spacial score (nSPS) is 11.8. The fourth-order valence-electron chi connectivity index (χ4n) is 3.51. The molecule has 1 aromatic heterocycles. The quantitative estimate of drug-likeness (QED) is 0.247. The molecule has 3 aromatic rings. The second kappa shape index (κ2) is 11.5. The lowest BCUT2D eigenvalue weighted by atomic mass is 10.1. The Morgan fingerprint density at radius 1 is 1.16 bits per heavy atom. The molecule has 0 saturated carbocycles. The number of ether oxygens (including phenoxy) is 1. The maximum atomic E-state index is 11.1. The van der Waals surface area contributed by atoms with Crippen molar-refractivity contribution in [2.75, 3.05) is 19.7 Å². The molecular formula is C25H31N3O3. The number of rotatable bonds is 11. The molecule has 1 heterocycles. The predicted molar refractivity (Wildman–Crippen MR) is 124 cm³/mol. The number of hydrogen-bond donors (Lipinski definition) is 3. The number of amides is 1. The Bertz CT molecular complexity index is 993. The summed E-state index contributed by atoms with van der Waals surface area (Å²) in [6, 6.07) is 16.5. The van der Waals surface area contributed by atoms with Gasteiger partial charge in [-0.25, -0.2) is 5.48 Å². The van der Waals surface area contributed by atoms with Crippen molar-refractivity contribution >= 4 is 22.9 Å². The van der Waals surface area contributed by atoms with Crippen molar-refractivity contribution in [1.82, 2.24) is 15.4 Å². The van der Waals surface area contributed by atoms with Crippen LogP contribution in [-0.2, 0) is 22.5 Å². The van der Waals surface area contributed by atoms with Gasteiger partial charge in [0.05, 0.1) is 12.7 Å². The number of carbonyl (C=O) groups excluding carboxylic acids is 1. The fraction of sp³-hybridized carbons (Fsp3) is 0.320. The van der Waals surface area contributed by atoms with Crippen LogP contribution in [0.5, 0.6) is 0 Å². The van der Waals surface area contributed by atoms with E-state index in [0.717, 1.165) is 31.6 Å². The van der Waals surface area contributed by atoms with Gasteiger partial charge in [0.15, 0.2) is 0 Å². The van der Waals surface area contributed by atoms with Crippen LogP contribution in [0.25, 0.3) is 17.0 Å². The van der Waals surface area contributed by atoms with Gasteiger partial charge in [-0.2, -0.15) is 0 Å². The number of aromatic amines is 1. The number of hydroxylamine groups is 1. The van der Waals surface area contributed by atoms with Gasteiger partial charge in [0.25, 0.3) is 5.91 Å². The Kier molecular flexibility index (Phi) is 8.41. The number of carbonyl (C=O) groups is 1. The van der Waals surface area contributed by atoms with Gasteiger partial charge in [-0.15, -0.1) is 0 Å². The van der Waals surface area contributed by atoms with Crippen LogP contribution in [0.2, 0.25) is 0 Å². The number of hydrogen-bond acceptors (Lipinski definition) is 4. The SMILES string of the molecule is CC(C)OCCN(CCc1c[nH]c2ccccc12)Cc1ccc(C=CC(=O)NO)cc1. The van der Waals surface area contributed by atoms with Crippen molar-refractivity contribution in [1.29, 1.82) is 0 Å². The Morgan fingerprint density at radius 3 is 2.68 bits per heavy atom. The molecule has 0 atom stereocenters. The zero-order valence-corrected chi connectivity index (χ0v) is 18.2. The van der Waals surface area contributed by atoms with E-state index in [1.54, 1.807) is 11.6 Å². The van der Waals surface area contributed by atoms with Gasteiger partial charge in [-0.1, -0.05) is 42.5 Å². The highest BCUT2D eigenvalue weighted by Gasteiger charge is 2.10. The van der Waals surface area contributed by atoms with Gasteiger partial charge >= 0.3 is 0 Å². The van der Waals surface area contributed by atoms with Crippen LogP contribution in [0, 0.1) is 0 Å². The highest BCUT2D eigenvalue weighted by molar-refractivity contribution is 5.90. The topological polar surface area (TPSA) is 77.6 Å². The highest BCUT2D eigenvalue weighted by Crippen LogP contribution is 2.19. The van der Waals surface area contributed by atoms with Crippen LogP contribution in [0.3, 0.4) is 0 Å². The molecule has 3 N–H and O–H groups in total. The summed E-state index contributed by atoms with van der Waals surface area (Å²) < 4.78 is 5.79. The molecule has 6 nitrogen and oxygen atoms in total. The lowest BCUT2D eigenvalue weighted by Crippen LogP contribution is -2.30. The summed E-state index contributed by atoms with van der Waals surface area (Å²) in [7, 11) is 0. The number of aromatic nitrogens is 1. The molecule has 31 heavy (non-hydrogen) atoms. The summed E-state index contributed by atoms with van der Waals surface area (Å²) in [4.78, 5) is 16.9. The molecule has 0 aliphatic carbocycles. The molecule has 0 saturated heterocycles. The average molecular weight is 422 g/mol.